The molecule has 0 saturated carbocycles. The van der Waals surface area contributed by atoms with Crippen molar-refractivity contribution in [2.45, 2.75) is 0 Å². The van der Waals surface area contributed by atoms with Gasteiger partial charge >= 0.3 is 0 Å². The Balaban J connectivity index is 1.99. The maximum atomic E-state index is 4.23. The summed E-state index contributed by atoms with van der Waals surface area (Å²) in [5.74, 6) is 0. The van der Waals surface area contributed by atoms with Crippen LogP contribution in [0.25, 0.3) is 22.5 Å². The van der Waals surface area contributed by atoms with Crippen molar-refractivity contribution in [2.75, 3.05) is 0 Å². The zero-order valence-electron chi connectivity index (χ0n) is 8.91. The van der Waals surface area contributed by atoms with Gasteiger partial charge in [-0.15, -0.1) is 0 Å². The highest BCUT2D eigenvalue weighted by Gasteiger charge is 2.05. The van der Waals surface area contributed by atoms with Crippen LogP contribution in [0.1, 0.15) is 0 Å². The minimum atomic E-state index is 0.824. The number of hydrogen-bond acceptors (Lipinski definition) is 4. The lowest BCUT2D eigenvalue weighted by atomic mass is 10.2. The first-order valence-electron chi connectivity index (χ1n) is 5.15. The highest BCUT2D eigenvalue weighted by Crippen LogP contribution is 2.21. The van der Waals surface area contributed by atoms with E-state index in [1.807, 2.05) is 18.2 Å². The highest BCUT2D eigenvalue weighted by molar-refractivity contribution is 5.66. The quantitative estimate of drug-likeness (QED) is 0.720. The Morgan fingerprint density at radius 2 is 1.76 bits per heavy atom. The van der Waals surface area contributed by atoms with E-state index in [-0.39, 0.29) is 0 Å². The predicted molar refractivity (Wildman–Crippen MR) is 62.8 cm³/mol. The van der Waals surface area contributed by atoms with E-state index >= 15 is 0 Å². The van der Waals surface area contributed by atoms with Gasteiger partial charge in [-0.2, -0.15) is 5.10 Å². The summed E-state index contributed by atoms with van der Waals surface area (Å²) in [6.07, 6.45) is 8.50. The third-order valence-corrected chi connectivity index (χ3v) is 2.41. The van der Waals surface area contributed by atoms with Gasteiger partial charge < -0.3 is 0 Å². The minimum Gasteiger partial charge on any atom is -0.277 e. The molecule has 0 aromatic carbocycles. The lowest BCUT2D eigenvalue weighted by molar-refractivity contribution is 1.09. The van der Waals surface area contributed by atoms with Gasteiger partial charge in [-0.1, -0.05) is 0 Å². The number of hydrogen-bond donors (Lipinski definition) is 1. The summed E-state index contributed by atoms with van der Waals surface area (Å²) in [6.45, 7) is 0. The number of nitrogens with zero attached hydrogens (tertiary/aromatic N) is 4. The van der Waals surface area contributed by atoms with Crippen molar-refractivity contribution < 1.29 is 0 Å². The Bertz CT molecular complexity index is 549. The fraction of sp³-hybridized carbons (Fsp3) is 0. The zero-order chi connectivity index (χ0) is 11.5. The molecule has 3 aromatic rings. The Hall–Kier alpha value is -2.56. The molecule has 5 heteroatoms. The first-order chi connectivity index (χ1) is 8.43. The minimum absolute atomic E-state index is 0.824. The van der Waals surface area contributed by atoms with Crippen molar-refractivity contribution in [3.63, 3.8) is 0 Å². The molecule has 0 unspecified atom stereocenters. The van der Waals surface area contributed by atoms with E-state index in [9.17, 15) is 0 Å². The van der Waals surface area contributed by atoms with E-state index in [1.54, 1.807) is 24.8 Å². The van der Waals surface area contributed by atoms with Gasteiger partial charge in [0, 0.05) is 35.9 Å². The zero-order valence-corrected chi connectivity index (χ0v) is 8.91. The van der Waals surface area contributed by atoms with Crippen LogP contribution in [0.5, 0.6) is 0 Å². The molecule has 3 rings (SSSR count). The summed E-state index contributed by atoms with van der Waals surface area (Å²) in [4.78, 5) is 12.0. The Morgan fingerprint density at radius 3 is 2.53 bits per heavy atom. The molecule has 0 amide bonds. The summed E-state index contributed by atoms with van der Waals surface area (Å²) in [5.41, 5.74) is 3.64. The molecule has 3 aromatic heterocycles. The van der Waals surface area contributed by atoms with Crippen molar-refractivity contribution in [1.29, 1.82) is 0 Å². The molecule has 0 aliphatic rings. The molecule has 1 N–H and O–H groups in total. The van der Waals surface area contributed by atoms with Crippen LogP contribution in [-0.2, 0) is 0 Å². The molecule has 0 atom stereocenters. The normalized spacial score (nSPS) is 10.4. The number of pyridine rings is 1. The SMILES string of the molecule is c1cncc(-c2cc(-c3cncnc3)n[nH]2)c1. The summed E-state index contributed by atoms with van der Waals surface area (Å²) in [5, 5.41) is 7.21. The van der Waals surface area contributed by atoms with Gasteiger partial charge in [0.2, 0.25) is 0 Å². The highest BCUT2D eigenvalue weighted by atomic mass is 15.1. The number of nitrogens with one attached hydrogen (secondary N) is 1. The second-order valence-corrected chi connectivity index (χ2v) is 3.54. The number of H-pyrrole nitrogens is 1. The van der Waals surface area contributed by atoms with E-state index in [2.05, 4.69) is 25.1 Å². The van der Waals surface area contributed by atoms with Crippen molar-refractivity contribution in [3.8, 4) is 22.5 Å². The molecule has 0 saturated heterocycles. The molecule has 0 radical (unpaired) electrons. The fourth-order valence-corrected chi connectivity index (χ4v) is 1.57. The molecule has 0 fully saturated rings. The van der Waals surface area contributed by atoms with Gasteiger partial charge in [0.05, 0.1) is 11.4 Å². The third-order valence-electron chi connectivity index (χ3n) is 2.41. The summed E-state index contributed by atoms with van der Waals surface area (Å²) in [7, 11) is 0. The van der Waals surface area contributed by atoms with E-state index in [0.717, 1.165) is 22.5 Å². The van der Waals surface area contributed by atoms with Crippen molar-refractivity contribution >= 4 is 0 Å². The molecule has 0 aliphatic carbocycles. The molecule has 5 nitrogen and oxygen atoms in total. The van der Waals surface area contributed by atoms with E-state index in [4.69, 9.17) is 0 Å². The van der Waals surface area contributed by atoms with Gasteiger partial charge in [0.15, 0.2) is 0 Å². The first-order valence-corrected chi connectivity index (χ1v) is 5.15. The van der Waals surface area contributed by atoms with Crippen LogP contribution in [0.4, 0.5) is 0 Å². The van der Waals surface area contributed by atoms with Gasteiger partial charge in [0.25, 0.3) is 0 Å². The monoisotopic (exact) mass is 223 g/mol. The Kier molecular flexibility index (Phi) is 2.34. The van der Waals surface area contributed by atoms with Crippen molar-refractivity contribution in [3.05, 3.63) is 49.3 Å². The van der Waals surface area contributed by atoms with Crippen molar-refractivity contribution in [1.82, 2.24) is 25.1 Å². The number of aromatic amines is 1. The largest absolute Gasteiger partial charge is 0.277 e. The third kappa shape index (κ3) is 1.90. The van der Waals surface area contributed by atoms with Crippen LogP contribution in [0.3, 0.4) is 0 Å². The molecule has 0 bridgehead atoms. The lowest BCUT2D eigenvalue weighted by Gasteiger charge is -1.93. The van der Waals surface area contributed by atoms with Gasteiger partial charge in [-0.3, -0.25) is 10.1 Å². The molecule has 82 valence electrons. The van der Waals surface area contributed by atoms with Crippen LogP contribution in [-0.4, -0.2) is 25.1 Å². The predicted octanol–water partition coefficient (Wildman–Crippen LogP) is 1.93. The standard InChI is InChI=1S/C12H9N5/c1-2-9(5-13-3-1)11-4-12(17-16-11)10-6-14-8-15-7-10/h1-8H,(H,16,17). The molecule has 0 aliphatic heterocycles. The van der Waals surface area contributed by atoms with E-state index in [0.29, 0.717) is 0 Å². The first kappa shape index (κ1) is 9.65. The van der Waals surface area contributed by atoms with Crippen LogP contribution >= 0.6 is 0 Å². The number of aromatic nitrogens is 5. The van der Waals surface area contributed by atoms with Crippen LogP contribution < -0.4 is 0 Å². The lowest BCUT2D eigenvalue weighted by Crippen LogP contribution is -1.81. The second kappa shape index (κ2) is 4.13. The summed E-state index contributed by atoms with van der Waals surface area (Å²) in [6, 6.07) is 5.82. The second-order valence-electron chi connectivity index (χ2n) is 3.54. The topological polar surface area (TPSA) is 67.3 Å². The average Bonchev–Trinajstić information content (AvgIpc) is 2.90. The van der Waals surface area contributed by atoms with Gasteiger partial charge in [0.1, 0.15) is 6.33 Å². The van der Waals surface area contributed by atoms with E-state index < -0.39 is 0 Å². The molecule has 3 heterocycles. The smallest absolute Gasteiger partial charge is 0.115 e. The summed E-state index contributed by atoms with van der Waals surface area (Å²) < 4.78 is 0. The summed E-state index contributed by atoms with van der Waals surface area (Å²) >= 11 is 0. The molecule has 17 heavy (non-hydrogen) atoms. The van der Waals surface area contributed by atoms with Crippen LogP contribution in [0.15, 0.2) is 49.3 Å². The van der Waals surface area contributed by atoms with Gasteiger partial charge in [-0.05, 0) is 18.2 Å². The molecular weight excluding hydrogens is 214 g/mol. The van der Waals surface area contributed by atoms with Crippen molar-refractivity contribution in [2.24, 2.45) is 0 Å². The van der Waals surface area contributed by atoms with Crippen LogP contribution in [0, 0.1) is 0 Å². The maximum Gasteiger partial charge on any atom is 0.115 e. The van der Waals surface area contributed by atoms with E-state index in [1.165, 1.54) is 6.33 Å². The Morgan fingerprint density at radius 1 is 0.941 bits per heavy atom. The van der Waals surface area contributed by atoms with Gasteiger partial charge in [-0.25, -0.2) is 9.97 Å². The Labute approximate surface area is 97.6 Å². The fourth-order valence-electron chi connectivity index (χ4n) is 1.57. The maximum absolute atomic E-state index is 4.23. The number of rotatable bonds is 2. The molecule has 0 spiro atoms. The average molecular weight is 223 g/mol. The molecular formula is C12H9N5. The van der Waals surface area contributed by atoms with Crippen LogP contribution in [0.2, 0.25) is 0 Å².